The van der Waals surface area contributed by atoms with Gasteiger partial charge in [0.25, 0.3) is 0 Å². The molecule has 118 valence electrons. The van der Waals surface area contributed by atoms with E-state index in [1.54, 1.807) is 24.3 Å². The van der Waals surface area contributed by atoms with E-state index in [4.69, 9.17) is 0 Å². The lowest BCUT2D eigenvalue weighted by molar-refractivity contribution is 0.537. The van der Waals surface area contributed by atoms with Crippen molar-refractivity contribution in [2.75, 3.05) is 0 Å². The average Bonchev–Trinajstić information content (AvgIpc) is 3.10. The Hall–Kier alpha value is -2.38. The van der Waals surface area contributed by atoms with Gasteiger partial charge in [-0.1, -0.05) is 37.6 Å². The number of tetrazole rings is 1. The normalized spacial score (nSPS) is 12.3. The van der Waals surface area contributed by atoms with Crippen molar-refractivity contribution in [3.8, 4) is 22.5 Å². The second-order valence-electron chi connectivity index (χ2n) is 5.12. The summed E-state index contributed by atoms with van der Waals surface area (Å²) >= 11 is -2.21. The van der Waals surface area contributed by atoms with Crippen LogP contribution in [0.3, 0.4) is 0 Å². The van der Waals surface area contributed by atoms with Gasteiger partial charge in [0.2, 0.25) is 5.82 Å². The van der Waals surface area contributed by atoms with Crippen LogP contribution < -0.4 is 0 Å². The molecule has 3 aromatic rings. The summed E-state index contributed by atoms with van der Waals surface area (Å²) in [5.41, 5.74) is 4.02. The van der Waals surface area contributed by atoms with E-state index in [1.165, 1.54) is 0 Å². The van der Waals surface area contributed by atoms with Crippen molar-refractivity contribution in [3.05, 3.63) is 48.0 Å². The topological polar surface area (TPSA) is 94.6 Å². The number of nitrogens with one attached hydrogen (secondary N) is 1. The van der Waals surface area contributed by atoms with Crippen molar-refractivity contribution in [3.63, 3.8) is 0 Å². The first kappa shape index (κ1) is 15.5. The molecule has 1 aromatic heterocycles. The Labute approximate surface area is 136 Å². The number of aromatic amines is 1. The van der Waals surface area contributed by atoms with Gasteiger partial charge in [0.1, 0.15) is 0 Å². The van der Waals surface area contributed by atoms with Gasteiger partial charge in [0, 0.05) is 10.5 Å². The Morgan fingerprint density at radius 1 is 1.13 bits per heavy atom. The summed E-state index contributed by atoms with van der Waals surface area (Å²) in [5.74, 6) is 0.563. The molecule has 1 heterocycles. The van der Waals surface area contributed by atoms with Gasteiger partial charge in [-0.15, -0.1) is 10.2 Å². The second-order valence-corrected chi connectivity index (χ2v) is 6.06. The molecule has 0 bridgehead atoms. The smallest absolute Gasteiger partial charge is 0.204 e. The molecule has 0 spiro atoms. The van der Waals surface area contributed by atoms with Crippen molar-refractivity contribution in [2.45, 2.75) is 24.7 Å². The molecule has 23 heavy (non-hydrogen) atoms. The predicted molar refractivity (Wildman–Crippen MR) is 86.2 cm³/mol. The number of aromatic nitrogens is 4. The maximum atomic E-state index is 10.9. The Morgan fingerprint density at radius 3 is 2.48 bits per heavy atom. The van der Waals surface area contributed by atoms with Crippen molar-refractivity contribution in [1.82, 2.24) is 20.6 Å². The van der Waals surface area contributed by atoms with E-state index in [0.717, 1.165) is 35.1 Å². The Balaban J connectivity index is 2.03. The highest BCUT2D eigenvalue weighted by molar-refractivity contribution is 7.79. The van der Waals surface area contributed by atoms with Gasteiger partial charge in [0.05, 0.1) is 0 Å². The van der Waals surface area contributed by atoms with E-state index in [2.05, 4.69) is 33.6 Å². The molecule has 2 aromatic carbocycles. The number of aryl methyl sites for hydroxylation is 1. The highest BCUT2D eigenvalue weighted by Gasteiger charge is 2.11. The molecule has 6 nitrogen and oxygen atoms in total. The highest BCUT2D eigenvalue weighted by atomic mass is 32.2. The van der Waals surface area contributed by atoms with E-state index in [9.17, 15) is 8.76 Å². The monoisotopic (exact) mass is 327 g/mol. The number of hydrogen-bond acceptors (Lipinski definition) is 5. The van der Waals surface area contributed by atoms with Crippen molar-refractivity contribution in [1.29, 1.82) is 0 Å². The lowest BCUT2D eigenvalue weighted by atomic mass is 9.96. The van der Waals surface area contributed by atoms with Crippen molar-refractivity contribution < 1.29 is 8.76 Å². The number of hydrogen-bond donors (Lipinski definition) is 1. The molecule has 3 rings (SSSR count). The molecule has 0 amide bonds. The fourth-order valence-corrected chi connectivity index (χ4v) is 2.84. The first-order chi connectivity index (χ1) is 11.2. The van der Waals surface area contributed by atoms with Crippen LogP contribution in [0.15, 0.2) is 47.4 Å². The van der Waals surface area contributed by atoms with Gasteiger partial charge >= 0.3 is 0 Å². The Kier molecular flexibility index (Phi) is 4.59. The van der Waals surface area contributed by atoms with E-state index < -0.39 is 11.1 Å². The SMILES string of the molecule is CCCc1ccc(-c2ccc(S(=O)[O-])cc2)cc1-c1nn[nH]n1. The second kappa shape index (κ2) is 6.80. The quantitative estimate of drug-likeness (QED) is 0.727. The average molecular weight is 327 g/mol. The number of benzene rings is 2. The van der Waals surface area contributed by atoms with E-state index in [1.807, 2.05) is 12.1 Å². The third-order valence-corrected chi connectivity index (χ3v) is 4.25. The Bertz CT molecular complexity index is 817. The number of H-pyrrole nitrogens is 1. The van der Waals surface area contributed by atoms with Crippen molar-refractivity contribution >= 4 is 11.1 Å². The standard InChI is InChI=1S/C16H16N4O2S/c1-2-3-12-4-5-13(10-15(12)16-17-19-20-18-16)11-6-8-14(9-7-11)23(21)22/h4-10H,2-3H2,1H3,(H,21,22)(H,17,18,19,20)/p-1. The summed E-state index contributed by atoms with van der Waals surface area (Å²) < 4.78 is 21.9. The molecule has 0 radical (unpaired) electrons. The summed E-state index contributed by atoms with van der Waals surface area (Å²) in [4.78, 5) is 0.273. The number of rotatable bonds is 5. The maximum absolute atomic E-state index is 10.9. The van der Waals surface area contributed by atoms with Gasteiger partial charge in [-0.3, -0.25) is 4.21 Å². The molecule has 1 atom stereocenters. The van der Waals surface area contributed by atoms with Crippen LogP contribution in [0.5, 0.6) is 0 Å². The fourth-order valence-electron chi connectivity index (χ4n) is 2.49. The van der Waals surface area contributed by atoms with Crippen LogP contribution in [0.2, 0.25) is 0 Å². The van der Waals surface area contributed by atoms with E-state index in [-0.39, 0.29) is 4.90 Å². The minimum atomic E-state index is -2.21. The molecule has 0 saturated carbocycles. The molecular formula is C16H15N4O2S-. The molecule has 1 unspecified atom stereocenters. The lowest BCUT2D eigenvalue weighted by Crippen LogP contribution is -1.93. The third kappa shape index (κ3) is 3.35. The summed E-state index contributed by atoms with van der Waals surface area (Å²) in [6.07, 6.45) is 1.95. The van der Waals surface area contributed by atoms with Gasteiger partial charge in [-0.2, -0.15) is 5.21 Å². The minimum absolute atomic E-state index is 0.273. The fraction of sp³-hybridized carbons (Fsp3) is 0.188. The van der Waals surface area contributed by atoms with Gasteiger partial charge < -0.3 is 4.55 Å². The molecule has 0 aliphatic carbocycles. The van der Waals surface area contributed by atoms with Gasteiger partial charge in [0.15, 0.2) is 0 Å². The molecule has 0 fully saturated rings. The zero-order chi connectivity index (χ0) is 16.2. The molecule has 0 aliphatic heterocycles. The summed E-state index contributed by atoms with van der Waals surface area (Å²) in [7, 11) is 0. The van der Waals surface area contributed by atoms with Crippen LogP contribution in [0.25, 0.3) is 22.5 Å². The minimum Gasteiger partial charge on any atom is -0.768 e. The predicted octanol–water partition coefficient (Wildman–Crippen LogP) is 2.72. The first-order valence-corrected chi connectivity index (χ1v) is 8.33. The van der Waals surface area contributed by atoms with Crippen LogP contribution in [0.1, 0.15) is 18.9 Å². The van der Waals surface area contributed by atoms with E-state index in [0.29, 0.717) is 5.82 Å². The van der Waals surface area contributed by atoms with Crippen LogP contribution in [-0.4, -0.2) is 29.4 Å². The van der Waals surface area contributed by atoms with Gasteiger partial charge in [-0.05, 0) is 57.6 Å². The molecular weight excluding hydrogens is 312 g/mol. The van der Waals surface area contributed by atoms with Crippen LogP contribution in [-0.2, 0) is 17.5 Å². The number of nitrogens with zero attached hydrogens (tertiary/aromatic N) is 3. The van der Waals surface area contributed by atoms with Crippen LogP contribution in [0.4, 0.5) is 0 Å². The van der Waals surface area contributed by atoms with Crippen molar-refractivity contribution in [2.24, 2.45) is 0 Å². The lowest BCUT2D eigenvalue weighted by Gasteiger charge is -2.10. The third-order valence-electron chi connectivity index (χ3n) is 3.60. The molecule has 0 saturated heterocycles. The maximum Gasteiger partial charge on any atom is 0.204 e. The van der Waals surface area contributed by atoms with Crippen LogP contribution in [0, 0.1) is 0 Å². The van der Waals surface area contributed by atoms with E-state index >= 15 is 0 Å². The highest BCUT2D eigenvalue weighted by Crippen LogP contribution is 2.28. The zero-order valence-electron chi connectivity index (χ0n) is 12.5. The van der Waals surface area contributed by atoms with Crippen LogP contribution >= 0.6 is 0 Å². The largest absolute Gasteiger partial charge is 0.768 e. The summed E-state index contributed by atoms with van der Waals surface area (Å²) in [6.45, 7) is 2.12. The first-order valence-electron chi connectivity index (χ1n) is 7.25. The molecule has 0 aliphatic rings. The Morgan fingerprint density at radius 2 is 1.87 bits per heavy atom. The summed E-state index contributed by atoms with van der Waals surface area (Å²) in [5, 5.41) is 14.3. The molecule has 7 heteroatoms. The van der Waals surface area contributed by atoms with Gasteiger partial charge in [-0.25, -0.2) is 0 Å². The molecule has 1 N–H and O–H groups in total. The summed E-state index contributed by atoms with van der Waals surface area (Å²) in [6, 6.07) is 12.9. The zero-order valence-corrected chi connectivity index (χ0v) is 13.3.